The number of rotatable bonds is 11. The quantitative estimate of drug-likeness (QED) is 0.0973. The van der Waals surface area contributed by atoms with Crippen molar-refractivity contribution in [2.45, 2.75) is 10.1 Å². The van der Waals surface area contributed by atoms with Crippen LogP contribution in [0, 0.1) is 5.82 Å². The second kappa shape index (κ2) is 15.8. The van der Waals surface area contributed by atoms with Gasteiger partial charge in [-0.05, 0) is 66.2 Å². The van der Waals surface area contributed by atoms with E-state index in [-0.39, 0.29) is 22.2 Å². The molecule has 47 heavy (non-hydrogen) atoms. The van der Waals surface area contributed by atoms with Crippen molar-refractivity contribution in [1.82, 2.24) is 5.32 Å². The first kappa shape index (κ1) is 33.0. The van der Waals surface area contributed by atoms with Crippen LogP contribution in [0.25, 0.3) is 6.08 Å². The minimum absolute atomic E-state index is 0.0512. The first-order valence-electron chi connectivity index (χ1n) is 14.4. The molecule has 10 heteroatoms. The molecule has 0 spiro atoms. The Bertz CT molecular complexity index is 1900. The minimum Gasteiger partial charge on any atom is -0.497 e. The predicted octanol–water partition coefficient (Wildman–Crippen LogP) is 8.37. The van der Waals surface area contributed by atoms with Gasteiger partial charge >= 0.3 is 0 Å². The van der Waals surface area contributed by atoms with E-state index in [0.717, 1.165) is 5.56 Å². The lowest BCUT2D eigenvalue weighted by Crippen LogP contribution is -2.30. The van der Waals surface area contributed by atoms with Crippen molar-refractivity contribution in [3.63, 3.8) is 0 Å². The summed E-state index contributed by atoms with van der Waals surface area (Å²) in [7, 11) is 1.56. The zero-order valence-electron chi connectivity index (χ0n) is 25.1. The van der Waals surface area contributed by atoms with Crippen molar-refractivity contribution in [2.75, 3.05) is 17.7 Å². The number of halogens is 2. The van der Waals surface area contributed by atoms with Crippen molar-refractivity contribution in [2.24, 2.45) is 0 Å². The van der Waals surface area contributed by atoms with E-state index in [1.807, 2.05) is 36.4 Å². The summed E-state index contributed by atoms with van der Waals surface area (Å²) in [5, 5.41) is 7.76. The third-order valence-corrected chi connectivity index (χ3v) is 8.42. The number of benzene rings is 5. The third kappa shape index (κ3) is 8.88. The van der Waals surface area contributed by atoms with Gasteiger partial charge in [0, 0.05) is 33.5 Å². The molecule has 0 saturated carbocycles. The highest BCUT2D eigenvalue weighted by Crippen LogP contribution is 2.37. The fraction of sp³-hybridized carbons (Fsp3) is 0.0541. The van der Waals surface area contributed by atoms with Crippen molar-refractivity contribution in [3.8, 4) is 5.75 Å². The van der Waals surface area contributed by atoms with Crippen LogP contribution in [0.4, 0.5) is 15.8 Å². The number of ether oxygens (including phenoxy) is 1. The van der Waals surface area contributed by atoms with Crippen molar-refractivity contribution >= 4 is 58.5 Å². The molecular formula is C37H29ClFN3O4S. The molecule has 0 aliphatic heterocycles. The molecule has 0 aliphatic rings. The highest BCUT2D eigenvalue weighted by Gasteiger charge is 2.23. The van der Waals surface area contributed by atoms with Crippen LogP contribution in [0.3, 0.4) is 0 Å². The SMILES string of the molecule is COc1cccc(NC(=O)C(Sc2cccc(NC(=O)/C(=C\c3c(F)cccc3Cl)NC(=O)c3ccccc3)c2)c2ccccc2)c1. The van der Waals surface area contributed by atoms with Crippen molar-refractivity contribution in [3.05, 3.63) is 161 Å². The van der Waals surface area contributed by atoms with Crippen LogP contribution in [-0.2, 0) is 9.59 Å². The Labute approximate surface area is 280 Å². The summed E-state index contributed by atoms with van der Waals surface area (Å²) >= 11 is 7.53. The summed E-state index contributed by atoms with van der Waals surface area (Å²) in [5.74, 6) is -1.56. The van der Waals surface area contributed by atoms with E-state index in [9.17, 15) is 18.8 Å². The first-order valence-corrected chi connectivity index (χ1v) is 15.7. The van der Waals surface area contributed by atoms with E-state index in [1.54, 1.807) is 79.9 Å². The lowest BCUT2D eigenvalue weighted by Gasteiger charge is -2.18. The number of thioether (sulfide) groups is 1. The van der Waals surface area contributed by atoms with Gasteiger partial charge in [-0.3, -0.25) is 14.4 Å². The molecule has 0 bridgehead atoms. The van der Waals surface area contributed by atoms with Gasteiger partial charge in [0.15, 0.2) is 0 Å². The monoisotopic (exact) mass is 665 g/mol. The Balaban J connectivity index is 1.39. The molecule has 0 fully saturated rings. The number of hydrogen-bond acceptors (Lipinski definition) is 5. The van der Waals surface area contributed by atoms with Crippen LogP contribution in [0.1, 0.15) is 26.7 Å². The van der Waals surface area contributed by atoms with Gasteiger partial charge in [-0.15, -0.1) is 11.8 Å². The van der Waals surface area contributed by atoms with Gasteiger partial charge in [0.2, 0.25) is 5.91 Å². The summed E-state index contributed by atoms with van der Waals surface area (Å²) in [4.78, 5) is 40.9. The lowest BCUT2D eigenvalue weighted by molar-refractivity contribution is -0.116. The number of anilines is 2. The van der Waals surface area contributed by atoms with Crippen LogP contribution >= 0.6 is 23.4 Å². The summed E-state index contributed by atoms with van der Waals surface area (Å²) in [6, 6.07) is 35.8. The van der Waals surface area contributed by atoms with Crippen LogP contribution in [0.2, 0.25) is 5.02 Å². The van der Waals surface area contributed by atoms with Crippen LogP contribution < -0.4 is 20.7 Å². The van der Waals surface area contributed by atoms with Gasteiger partial charge in [0.1, 0.15) is 22.5 Å². The van der Waals surface area contributed by atoms with Gasteiger partial charge in [0.05, 0.1) is 12.1 Å². The summed E-state index contributed by atoms with van der Waals surface area (Å²) in [5.41, 5.74) is 1.79. The standard InChI is InChI=1S/C37H29ClFN3O4S/c1-46-28-17-8-15-26(21-28)41-37(45)34(24-11-4-2-5-12-24)47-29-18-9-16-27(22-29)40-36(44)33(23-30-31(38)19-10-20-32(30)39)42-35(43)25-13-6-3-7-14-25/h2-23,34H,1H3,(H,40,44)(H,41,45)(H,42,43)/b33-23+. The fourth-order valence-corrected chi connectivity index (χ4v) is 5.83. The molecule has 5 aromatic carbocycles. The fourth-order valence-electron chi connectivity index (χ4n) is 4.53. The molecule has 1 atom stereocenters. The molecule has 0 saturated heterocycles. The number of carbonyl (C=O) groups is 3. The molecular weight excluding hydrogens is 637 g/mol. The van der Waals surface area contributed by atoms with Crippen molar-refractivity contribution in [1.29, 1.82) is 0 Å². The second-order valence-electron chi connectivity index (χ2n) is 10.1. The first-order chi connectivity index (χ1) is 22.8. The van der Waals surface area contributed by atoms with Crippen LogP contribution in [0.15, 0.2) is 138 Å². The molecule has 5 rings (SSSR count). The minimum atomic E-state index is -0.703. The number of methoxy groups -OCH3 is 1. The molecule has 1 unspecified atom stereocenters. The largest absolute Gasteiger partial charge is 0.497 e. The molecule has 3 N–H and O–H groups in total. The van der Waals surface area contributed by atoms with E-state index in [4.69, 9.17) is 16.3 Å². The zero-order chi connectivity index (χ0) is 33.2. The van der Waals surface area contributed by atoms with Crippen molar-refractivity contribution < 1.29 is 23.5 Å². The molecule has 3 amide bonds. The summed E-state index contributed by atoms with van der Waals surface area (Å²) in [6.45, 7) is 0. The molecule has 0 radical (unpaired) electrons. The Morgan fingerprint density at radius 3 is 2.15 bits per heavy atom. The molecule has 0 aliphatic carbocycles. The molecule has 0 heterocycles. The summed E-state index contributed by atoms with van der Waals surface area (Å²) < 4.78 is 20.0. The number of nitrogens with one attached hydrogen (secondary N) is 3. The van der Waals surface area contributed by atoms with Gasteiger partial charge in [0.25, 0.3) is 11.8 Å². The van der Waals surface area contributed by atoms with E-state index in [1.165, 1.54) is 36.0 Å². The summed E-state index contributed by atoms with van der Waals surface area (Å²) in [6.07, 6.45) is 1.20. The molecule has 7 nitrogen and oxygen atoms in total. The number of carbonyl (C=O) groups excluding carboxylic acids is 3. The Morgan fingerprint density at radius 1 is 0.787 bits per heavy atom. The topological polar surface area (TPSA) is 96.5 Å². The van der Waals surface area contributed by atoms with Crippen LogP contribution in [0.5, 0.6) is 5.75 Å². The smallest absolute Gasteiger partial charge is 0.272 e. The average Bonchev–Trinajstić information content (AvgIpc) is 3.09. The lowest BCUT2D eigenvalue weighted by atomic mass is 10.1. The van der Waals surface area contributed by atoms with E-state index < -0.39 is 22.9 Å². The Hall–Kier alpha value is -5.38. The number of amides is 3. The maximum absolute atomic E-state index is 14.7. The average molecular weight is 666 g/mol. The highest BCUT2D eigenvalue weighted by molar-refractivity contribution is 8.00. The highest BCUT2D eigenvalue weighted by atomic mass is 35.5. The van der Waals surface area contributed by atoms with E-state index >= 15 is 0 Å². The zero-order valence-corrected chi connectivity index (χ0v) is 26.6. The van der Waals surface area contributed by atoms with Crippen LogP contribution in [-0.4, -0.2) is 24.8 Å². The normalized spacial score (nSPS) is 11.7. The third-order valence-electron chi connectivity index (χ3n) is 6.84. The number of hydrogen-bond donors (Lipinski definition) is 3. The Morgan fingerprint density at radius 2 is 1.45 bits per heavy atom. The van der Waals surface area contributed by atoms with E-state index in [2.05, 4.69) is 16.0 Å². The Kier molecular flexibility index (Phi) is 11.1. The van der Waals surface area contributed by atoms with Gasteiger partial charge in [-0.25, -0.2) is 4.39 Å². The van der Waals surface area contributed by atoms with E-state index in [0.29, 0.717) is 27.6 Å². The van der Waals surface area contributed by atoms with Gasteiger partial charge in [-0.2, -0.15) is 0 Å². The maximum atomic E-state index is 14.7. The van der Waals surface area contributed by atoms with Gasteiger partial charge < -0.3 is 20.7 Å². The molecule has 0 aromatic heterocycles. The molecule has 5 aromatic rings. The predicted molar refractivity (Wildman–Crippen MR) is 185 cm³/mol. The molecule has 236 valence electrons. The second-order valence-corrected chi connectivity index (χ2v) is 11.7. The maximum Gasteiger partial charge on any atom is 0.272 e. The van der Waals surface area contributed by atoms with Gasteiger partial charge in [-0.1, -0.05) is 78.3 Å².